The van der Waals surface area contributed by atoms with Gasteiger partial charge in [-0.15, -0.1) is 0 Å². The van der Waals surface area contributed by atoms with Gasteiger partial charge in [0.2, 0.25) is 5.95 Å². The highest BCUT2D eigenvalue weighted by atomic mass is 35.5. The third-order valence-corrected chi connectivity index (χ3v) is 1.86. The van der Waals surface area contributed by atoms with E-state index in [0.717, 1.165) is 0 Å². The lowest BCUT2D eigenvalue weighted by molar-refractivity contribution is 0.111. The molecule has 0 saturated carbocycles. The van der Waals surface area contributed by atoms with Gasteiger partial charge < -0.3 is 9.47 Å². The molecular weight excluding hydrogens is 204 g/mol. The fraction of sp³-hybridized carbons (Fsp3) is 0.375. The predicted molar refractivity (Wildman–Crippen MR) is 55.4 cm³/mol. The van der Waals surface area contributed by atoms with Crippen molar-refractivity contribution in [3.63, 3.8) is 0 Å². The highest BCUT2D eigenvalue weighted by Crippen LogP contribution is 2.19. The van der Waals surface area contributed by atoms with Crippen LogP contribution in [0.1, 0.15) is 10.5 Å². The van der Waals surface area contributed by atoms with Gasteiger partial charge in [-0.3, -0.25) is 4.79 Å². The van der Waals surface area contributed by atoms with Crippen LogP contribution in [0.3, 0.4) is 0 Å². The normalized spacial score (nSPS) is 10.9. The summed E-state index contributed by atoms with van der Waals surface area (Å²) in [5.74, 6) is 0.408. The molecular formula is C8H11ClN4O. The van der Waals surface area contributed by atoms with E-state index in [1.807, 2.05) is 14.1 Å². The number of carbonyl (C=O) groups is 1. The molecule has 0 spiro atoms. The van der Waals surface area contributed by atoms with Crippen molar-refractivity contribution in [3.05, 3.63) is 10.8 Å². The van der Waals surface area contributed by atoms with Gasteiger partial charge in [0.15, 0.2) is 11.4 Å². The van der Waals surface area contributed by atoms with Crippen molar-refractivity contribution in [2.45, 2.75) is 0 Å². The number of imidazole rings is 1. The molecule has 1 rings (SSSR count). The zero-order chi connectivity index (χ0) is 10.7. The van der Waals surface area contributed by atoms with Crippen molar-refractivity contribution in [1.29, 1.82) is 0 Å². The lowest BCUT2D eigenvalue weighted by Crippen LogP contribution is -2.07. The van der Waals surface area contributed by atoms with Crippen LogP contribution in [0.2, 0.25) is 5.15 Å². The van der Waals surface area contributed by atoms with Gasteiger partial charge in [-0.05, 0) is 0 Å². The number of aldehydes is 1. The smallest absolute Gasteiger partial charge is 0.232 e. The first kappa shape index (κ1) is 10.7. The Morgan fingerprint density at radius 1 is 1.57 bits per heavy atom. The third kappa shape index (κ3) is 2.11. The molecule has 0 aliphatic heterocycles. The Balaban J connectivity index is 3.05. The molecule has 1 aromatic rings. The number of aliphatic imine (C=N–C) groups is 1. The highest BCUT2D eigenvalue weighted by Gasteiger charge is 2.10. The van der Waals surface area contributed by atoms with E-state index >= 15 is 0 Å². The number of rotatable bonds is 3. The largest absolute Gasteiger partial charge is 0.369 e. The van der Waals surface area contributed by atoms with E-state index in [1.165, 1.54) is 4.57 Å². The molecule has 1 aromatic heterocycles. The topological polar surface area (TPSA) is 50.5 Å². The Morgan fingerprint density at radius 3 is 2.64 bits per heavy atom. The second-order valence-electron chi connectivity index (χ2n) is 2.97. The molecule has 14 heavy (non-hydrogen) atoms. The summed E-state index contributed by atoms with van der Waals surface area (Å²) >= 11 is 5.71. The van der Waals surface area contributed by atoms with Crippen LogP contribution in [0.25, 0.3) is 0 Å². The van der Waals surface area contributed by atoms with E-state index in [9.17, 15) is 4.79 Å². The van der Waals surface area contributed by atoms with Crippen LogP contribution in [-0.4, -0.2) is 41.2 Å². The second-order valence-corrected chi connectivity index (χ2v) is 3.33. The Morgan fingerprint density at radius 2 is 2.21 bits per heavy atom. The molecule has 0 aromatic carbocycles. The summed E-state index contributed by atoms with van der Waals surface area (Å²) in [5.41, 5.74) is 0.331. The Kier molecular flexibility index (Phi) is 3.24. The summed E-state index contributed by atoms with van der Waals surface area (Å²) in [7, 11) is 5.37. The molecule has 0 radical (unpaired) electrons. The Bertz CT molecular complexity index is 370. The summed E-state index contributed by atoms with van der Waals surface area (Å²) in [4.78, 5) is 20.3. The lowest BCUT2D eigenvalue weighted by atomic mass is 10.5. The van der Waals surface area contributed by atoms with Crippen LogP contribution in [-0.2, 0) is 7.05 Å². The standard InChI is InChI=1S/C8H11ClN4O/c1-12(2)5-10-8-11-7(9)6(4-14)13(8)3/h4-5H,1-3H3. The van der Waals surface area contributed by atoms with E-state index < -0.39 is 0 Å². The summed E-state index contributed by atoms with van der Waals surface area (Å²) in [6.07, 6.45) is 2.25. The Hall–Kier alpha value is -1.36. The quantitative estimate of drug-likeness (QED) is 0.430. The summed E-state index contributed by atoms with van der Waals surface area (Å²) in [6, 6.07) is 0. The monoisotopic (exact) mass is 214 g/mol. The molecule has 5 nitrogen and oxygen atoms in total. The molecule has 6 heteroatoms. The van der Waals surface area contributed by atoms with Crippen molar-refractivity contribution in [2.24, 2.45) is 12.0 Å². The first-order valence-electron chi connectivity index (χ1n) is 3.94. The van der Waals surface area contributed by atoms with Gasteiger partial charge in [0.1, 0.15) is 5.69 Å². The van der Waals surface area contributed by atoms with E-state index in [0.29, 0.717) is 17.9 Å². The average Bonchev–Trinajstić information content (AvgIpc) is 2.38. The summed E-state index contributed by atoms with van der Waals surface area (Å²) in [6.45, 7) is 0. The van der Waals surface area contributed by atoms with Crippen molar-refractivity contribution in [1.82, 2.24) is 14.5 Å². The van der Waals surface area contributed by atoms with Crippen molar-refractivity contribution in [3.8, 4) is 0 Å². The van der Waals surface area contributed by atoms with Gasteiger partial charge in [0.05, 0.1) is 6.34 Å². The number of carbonyl (C=O) groups excluding carboxylic acids is 1. The van der Waals surface area contributed by atoms with Crippen LogP contribution in [0, 0.1) is 0 Å². The fourth-order valence-electron chi connectivity index (χ4n) is 0.876. The molecule has 0 saturated heterocycles. The minimum atomic E-state index is 0.174. The molecule has 0 unspecified atom stereocenters. The highest BCUT2D eigenvalue weighted by molar-refractivity contribution is 6.31. The average molecular weight is 215 g/mol. The summed E-state index contributed by atoms with van der Waals surface area (Å²) < 4.78 is 1.54. The van der Waals surface area contributed by atoms with Crippen LogP contribution >= 0.6 is 11.6 Å². The van der Waals surface area contributed by atoms with Crippen LogP contribution in [0.4, 0.5) is 5.95 Å². The minimum absolute atomic E-state index is 0.174. The van der Waals surface area contributed by atoms with Crippen LogP contribution < -0.4 is 0 Å². The predicted octanol–water partition coefficient (Wildman–Crippen LogP) is 1.11. The van der Waals surface area contributed by atoms with E-state index in [4.69, 9.17) is 11.6 Å². The van der Waals surface area contributed by atoms with E-state index in [-0.39, 0.29) is 5.15 Å². The molecule has 0 bridgehead atoms. The van der Waals surface area contributed by atoms with Crippen molar-refractivity contribution < 1.29 is 4.79 Å². The van der Waals surface area contributed by atoms with Gasteiger partial charge in [-0.1, -0.05) is 11.6 Å². The number of hydrogen-bond donors (Lipinski definition) is 0. The zero-order valence-electron chi connectivity index (χ0n) is 8.23. The number of aromatic nitrogens is 2. The van der Waals surface area contributed by atoms with Gasteiger partial charge >= 0.3 is 0 Å². The van der Waals surface area contributed by atoms with Gasteiger partial charge in [-0.2, -0.15) is 4.98 Å². The molecule has 76 valence electrons. The number of hydrogen-bond acceptors (Lipinski definition) is 3. The van der Waals surface area contributed by atoms with Gasteiger partial charge in [0.25, 0.3) is 0 Å². The maximum absolute atomic E-state index is 10.6. The van der Waals surface area contributed by atoms with E-state index in [1.54, 1.807) is 18.3 Å². The molecule has 0 amide bonds. The first-order valence-corrected chi connectivity index (χ1v) is 4.32. The maximum atomic E-state index is 10.6. The van der Waals surface area contributed by atoms with E-state index in [2.05, 4.69) is 9.98 Å². The molecule has 0 N–H and O–H groups in total. The van der Waals surface area contributed by atoms with Crippen molar-refractivity contribution in [2.75, 3.05) is 14.1 Å². The second kappa shape index (κ2) is 4.23. The number of halogens is 1. The fourth-order valence-corrected chi connectivity index (χ4v) is 1.12. The molecule has 0 aliphatic rings. The minimum Gasteiger partial charge on any atom is -0.369 e. The van der Waals surface area contributed by atoms with Crippen LogP contribution in [0.15, 0.2) is 4.99 Å². The zero-order valence-corrected chi connectivity index (χ0v) is 8.99. The third-order valence-electron chi connectivity index (χ3n) is 1.59. The SMILES string of the molecule is CN(C)C=Nc1nc(Cl)c(C=O)n1C. The maximum Gasteiger partial charge on any atom is 0.232 e. The van der Waals surface area contributed by atoms with Gasteiger partial charge in [0, 0.05) is 21.1 Å². The molecule has 1 heterocycles. The Labute approximate surface area is 87.0 Å². The molecule has 0 fully saturated rings. The van der Waals surface area contributed by atoms with Gasteiger partial charge in [-0.25, -0.2) is 4.99 Å². The molecule has 0 atom stereocenters. The van der Waals surface area contributed by atoms with Crippen LogP contribution in [0.5, 0.6) is 0 Å². The summed E-state index contributed by atoms with van der Waals surface area (Å²) in [5, 5.41) is 0.174. The first-order chi connectivity index (χ1) is 6.56. The van der Waals surface area contributed by atoms with Crippen molar-refractivity contribution >= 4 is 30.2 Å². The number of nitrogens with zero attached hydrogens (tertiary/aromatic N) is 4. The lowest BCUT2D eigenvalue weighted by Gasteiger charge is -2.01. The molecule has 0 aliphatic carbocycles.